The Balaban J connectivity index is 2.30. The first-order valence-electron chi connectivity index (χ1n) is 6.54. The van der Waals surface area contributed by atoms with Crippen LogP contribution in [0.4, 0.5) is 0 Å². The third-order valence-electron chi connectivity index (χ3n) is 3.32. The van der Waals surface area contributed by atoms with E-state index in [1.165, 1.54) is 11.3 Å². The van der Waals surface area contributed by atoms with Gasteiger partial charge in [-0.15, -0.1) is 11.3 Å². The van der Waals surface area contributed by atoms with Crippen LogP contribution in [0.5, 0.6) is 0 Å². The number of aromatic nitrogens is 2. The number of fused-ring (bicyclic) bond motifs is 1. The van der Waals surface area contributed by atoms with Crippen molar-refractivity contribution in [2.45, 2.75) is 13.1 Å². The maximum absolute atomic E-state index is 12.5. The molecule has 0 aliphatic rings. The Labute approximate surface area is 128 Å². The van der Waals surface area contributed by atoms with E-state index in [4.69, 9.17) is 5.11 Å². The van der Waals surface area contributed by atoms with Gasteiger partial charge in [-0.1, -0.05) is 18.2 Å². The lowest BCUT2D eigenvalue weighted by Gasteiger charge is -2.12. The van der Waals surface area contributed by atoms with Gasteiger partial charge in [0, 0.05) is 4.88 Å². The zero-order valence-electron chi connectivity index (χ0n) is 11.4. The molecular weight excluding hydrogens is 304 g/mol. The molecule has 7 heteroatoms. The molecule has 1 aromatic carbocycles. The van der Waals surface area contributed by atoms with Gasteiger partial charge in [0.25, 0.3) is 5.56 Å². The quantitative estimate of drug-likeness (QED) is 0.788. The molecular formula is C15H12N2O4S. The molecule has 0 unspecified atom stereocenters. The number of carboxylic acid groups (broad SMARTS) is 1. The van der Waals surface area contributed by atoms with Crippen molar-refractivity contribution in [3.05, 3.63) is 67.5 Å². The van der Waals surface area contributed by atoms with E-state index in [2.05, 4.69) is 0 Å². The topological polar surface area (TPSA) is 81.3 Å². The Morgan fingerprint density at radius 2 is 1.86 bits per heavy atom. The van der Waals surface area contributed by atoms with Gasteiger partial charge in [0.05, 0.1) is 17.4 Å². The first-order chi connectivity index (χ1) is 10.6. The van der Waals surface area contributed by atoms with Crippen molar-refractivity contribution in [1.82, 2.24) is 9.13 Å². The van der Waals surface area contributed by atoms with E-state index >= 15 is 0 Å². The Morgan fingerprint density at radius 1 is 1.09 bits per heavy atom. The molecule has 6 nitrogen and oxygen atoms in total. The largest absolute Gasteiger partial charge is 0.480 e. The van der Waals surface area contributed by atoms with E-state index in [9.17, 15) is 14.4 Å². The first-order valence-corrected chi connectivity index (χ1v) is 7.42. The van der Waals surface area contributed by atoms with Crippen LogP contribution in [0, 0.1) is 0 Å². The lowest BCUT2D eigenvalue weighted by Crippen LogP contribution is -2.41. The summed E-state index contributed by atoms with van der Waals surface area (Å²) in [6.45, 7) is -0.343. The molecule has 0 fully saturated rings. The van der Waals surface area contributed by atoms with E-state index in [0.717, 1.165) is 14.0 Å². The Kier molecular flexibility index (Phi) is 3.64. The maximum Gasteiger partial charge on any atom is 0.332 e. The van der Waals surface area contributed by atoms with Crippen LogP contribution in [0.3, 0.4) is 0 Å². The van der Waals surface area contributed by atoms with Crippen LogP contribution in [-0.4, -0.2) is 20.2 Å². The summed E-state index contributed by atoms with van der Waals surface area (Å²) in [4.78, 5) is 36.9. The van der Waals surface area contributed by atoms with Gasteiger partial charge < -0.3 is 5.11 Å². The predicted octanol–water partition coefficient (Wildman–Crippen LogP) is 1.36. The smallest absolute Gasteiger partial charge is 0.332 e. The van der Waals surface area contributed by atoms with Gasteiger partial charge in [0.2, 0.25) is 0 Å². The first kappa shape index (κ1) is 14.3. The average molecular weight is 316 g/mol. The second kappa shape index (κ2) is 5.61. The fourth-order valence-corrected chi connectivity index (χ4v) is 3.05. The molecule has 0 atom stereocenters. The Bertz CT molecular complexity index is 954. The number of carboxylic acids is 1. The van der Waals surface area contributed by atoms with Crippen LogP contribution in [0.1, 0.15) is 4.88 Å². The molecule has 2 heterocycles. The summed E-state index contributed by atoms with van der Waals surface area (Å²) < 4.78 is 2.20. The highest BCUT2D eigenvalue weighted by atomic mass is 32.1. The zero-order chi connectivity index (χ0) is 15.7. The minimum Gasteiger partial charge on any atom is -0.480 e. The lowest BCUT2D eigenvalue weighted by atomic mass is 10.2. The fraction of sp³-hybridized carbons (Fsp3) is 0.133. The molecule has 0 bridgehead atoms. The molecule has 3 aromatic rings. The molecule has 112 valence electrons. The van der Waals surface area contributed by atoms with E-state index in [-0.39, 0.29) is 6.54 Å². The minimum absolute atomic E-state index is 0.139. The van der Waals surface area contributed by atoms with Crippen LogP contribution in [0.2, 0.25) is 0 Å². The second-order valence-corrected chi connectivity index (χ2v) is 5.78. The number of benzene rings is 1. The number of carbonyl (C=O) groups is 1. The highest BCUT2D eigenvalue weighted by Crippen LogP contribution is 2.11. The zero-order valence-corrected chi connectivity index (χ0v) is 12.2. The number of aliphatic carboxylic acids is 1. The van der Waals surface area contributed by atoms with E-state index < -0.39 is 23.8 Å². The van der Waals surface area contributed by atoms with Gasteiger partial charge in [-0.05, 0) is 23.6 Å². The molecule has 2 aromatic heterocycles. The van der Waals surface area contributed by atoms with Gasteiger partial charge in [0.1, 0.15) is 6.54 Å². The van der Waals surface area contributed by atoms with Gasteiger partial charge >= 0.3 is 11.7 Å². The molecule has 0 aliphatic heterocycles. The fourth-order valence-electron chi connectivity index (χ4n) is 2.36. The summed E-state index contributed by atoms with van der Waals surface area (Å²) in [5, 5.41) is 11.2. The van der Waals surface area contributed by atoms with E-state index in [1.807, 2.05) is 17.5 Å². The third kappa shape index (κ3) is 2.46. The monoisotopic (exact) mass is 316 g/mol. The SMILES string of the molecule is O=C(O)Cn1c(=O)n(Cc2cccs2)c(=O)c2ccccc21. The van der Waals surface area contributed by atoms with Crippen molar-refractivity contribution < 1.29 is 9.90 Å². The van der Waals surface area contributed by atoms with Crippen molar-refractivity contribution in [1.29, 1.82) is 0 Å². The van der Waals surface area contributed by atoms with Gasteiger partial charge in [0.15, 0.2) is 0 Å². The summed E-state index contributed by atoms with van der Waals surface area (Å²) in [7, 11) is 0. The van der Waals surface area contributed by atoms with Crippen molar-refractivity contribution >= 4 is 28.2 Å². The van der Waals surface area contributed by atoms with Crippen molar-refractivity contribution in [2.75, 3.05) is 0 Å². The molecule has 0 amide bonds. The van der Waals surface area contributed by atoms with Crippen LogP contribution in [-0.2, 0) is 17.9 Å². The molecule has 1 N–H and O–H groups in total. The molecule has 3 rings (SSSR count). The number of hydrogen-bond acceptors (Lipinski definition) is 4. The average Bonchev–Trinajstić information content (AvgIpc) is 3.01. The van der Waals surface area contributed by atoms with Crippen molar-refractivity contribution in [3.8, 4) is 0 Å². The standard InChI is InChI=1S/C15H12N2O4S/c18-13(19)9-16-12-6-2-1-5-11(12)14(20)17(15(16)21)8-10-4-3-7-22-10/h1-7H,8-9H2,(H,18,19). The molecule has 0 aliphatic carbocycles. The van der Waals surface area contributed by atoms with Crippen LogP contribution in [0.25, 0.3) is 10.9 Å². The predicted molar refractivity (Wildman–Crippen MR) is 83.5 cm³/mol. The normalized spacial score (nSPS) is 10.9. The van der Waals surface area contributed by atoms with Crippen LogP contribution < -0.4 is 11.2 Å². The lowest BCUT2D eigenvalue weighted by molar-refractivity contribution is -0.137. The third-order valence-corrected chi connectivity index (χ3v) is 4.18. The number of para-hydroxylation sites is 1. The number of nitrogens with zero attached hydrogens (tertiary/aromatic N) is 2. The number of thiophene rings is 1. The Morgan fingerprint density at radius 3 is 2.55 bits per heavy atom. The van der Waals surface area contributed by atoms with Crippen molar-refractivity contribution in [3.63, 3.8) is 0 Å². The van der Waals surface area contributed by atoms with Gasteiger partial charge in [-0.3, -0.25) is 18.7 Å². The highest BCUT2D eigenvalue weighted by molar-refractivity contribution is 7.09. The van der Waals surface area contributed by atoms with Gasteiger partial charge in [-0.2, -0.15) is 0 Å². The molecule has 0 saturated heterocycles. The Hall–Kier alpha value is -2.67. The summed E-state index contributed by atoms with van der Waals surface area (Å²) in [5.74, 6) is -1.13. The number of hydrogen-bond donors (Lipinski definition) is 1. The second-order valence-electron chi connectivity index (χ2n) is 4.75. The maximum atomic E-state index is 12.5. The summed E-state index contributed by atoms with van der Waals surface area (Å²) in [6, 6.07) is 10.2. The molecule has 22 heavy (non-hydrogen) atoms. The summed E-state index contributed by atoms with van der Waals surface area (Å²) in [6.07, 6.45) is 0. The molecule has 0 radical (unpaired) electrons. The van der Waals surface area contributed by atoms with Crippen LogP contribution in [0.15, 0.2) is 51.4 Å². The molecule has 0 spiro atoms. The highest BCUT2D eigenvalue weighted by Gasteiger charge is 2.15. The van der Waals surface area contributed by atoms with Crippen molar-refractivity contribution in [2.24, 2.45) is 0 Å². The van der Waals surface area contributed by atoms with Crippen LogP contribution >= 0.6 is 11.3 Å². The van der Waals surface area contributed by atoms with E-state index in [0.29, 0.717) is 10.9 Å². The van der Waals surface area contributed by atoms with Gasteiger partial charge in [-0.25, -0.2) is 4.79 Å². The summed E-state index contributed by atoms with van der Waals surface area (Å²) >= 11 is 1.44. The molecule has 0 saturated carbocycles. The summed E-state index contributed by atoms with van der Waals surface area (Å²) in [5.41, 5.74) is -0.683. The minimum atomic E-state index is -1.13. The van der Waals surface area contributed by atoms with E-state index in [1.54, 1.807) is 24.3 Å². The number of rotatable bonds is 4.